The second-order valence-corrected chi connectivity index (χ2v) is 5.41. The molecule has 1 aromatic carbocycles. The van der Waals surface area contributed by atoms with Crippen LogP contribution in [-0.2, 0) is 23.9 Å². The van der Waals surface area contributed by atoms with Crippen LogP contribution >= 0.6 is 0 Å². The van der Waals surface area contributed by atoms with Crippen molar-refractivity contribution in [1.82, 2.24) is 0 Å². The van der Waals surface area contributed by atoms with Crippen molar-refractivity contribution in [2.24, 2.45) is 5.16 Å². The number of carbonyl (C=O) groups is 1. The van der Waals surface area contributed by atoms with E-state index in [9.17, 15) is 35.2 Å². The van der Waals surface area contributed by atoms with Gasteiger partial charge in [-0.05, 0) is 0 Å². The molecule has 0 N–H and O–H groups in total. The first-order valence-electron chi connectivity index (χ1n) is 5.53. The summed E-state index contributed by atoms with van der Waals surface area (Å²) in [5.74, 6) is -2.53. The largest absolute Gasteiger partial charge is 0.478 e. The SMILES string of the molecule is COC(=O)C(F)(F)S(=O)(=O)O/N=C(\c1ccccc1)C(F)(F)F. The highest BCUT2D eigenvalue weighted by Gasteiger charge is 2.57. The fourth-order valence-electron chi connectivity index (χ4n) is 1.22. The summed E-state index contributed by atoms with van der Waals surface area (Å²) >= 11 is 0. The van der Waals surface area contributed by atoms with Gasteiger partial charge >= 0.3 is 27.5 Å². The highest BCUT2D eigenvalue weighted by molar-refractivity contribution is 7.88. The molecule has 0 bridgehead atoms. The van der Waals surface area contributed by atoms with E-state index in [1.165, 1.54) is 18.2 Å². The average Bonchev–Trinajstić information content (AvgIpc) is 2.45. The third-order valence-electron chi connectivity index (χ3n) is 2.28. The lowest BCUT2D eigenvalue weighted by atomic mass is 10.1. The molecule has 0 spiro atoms. The Morgan fingerprint density at radius 3 is 2.04 bits per heavy atom. The van der Waals surface area contributed by atoms with Crippen LogP contribution in [0.3, 0.4) is 0 Å². The number of nitrogens with zero attached hydrogens (tertiary/aromatic N) is 1. The van der Waals surface area contributed by atoms with Crippen LogP contribution in [0.2, 0.25) is 0 Å². The van der Waals surface area contributed by atoms with E-state index in [0.717, 1.165) is 12.1 Å². The van der Waals surface area contributed by atoms with Crippen LogP contribution in [-0.4, -0.2) is 38.6 Å². The van der Waals surface area contributed by atoms with Gasteiger partial charge in [0.25, 0.3) is 0 Å². The number of methoxy groups -OCH3 is 1. The van der Waals surface area contributed by atoms with Gasteiger partial charge < -0.3 is 4.74 Å². The Kier molecular flexibility index (Phi) is 5.30. The molecule has 0 amide bonds. The van der Waals surface area contributed by atoms with Gasteiger partial charge in [-0.2, -0.15) is 30.4 Å². The van der Waals surface area contributed by atoms with Crippen molar-refractivity contribution in [1.29, 1.82) is 0 Å². The second-order valence-electron chi connectivity index (χ2n) is 3.84. The number of alkyl halides is 5. The molecule has 0 radical (unpaired) electrons. The van der Waals surface area contributed by atoms with Crippen LogP contribution in [0.15, 0.2) is 35.5 Å². The van der Waals surface area contributed by atoms with Gasteiger partial charge in [0.15, 0.2) is 5.71 Å². The van der Waals surface area contributed by atoms with E-state index in [-0.39, 0.29) is 0 Å². The van der Waals surface area contributed by atoms with Crippen LogP contribution in [0.4, 0.5) is 22.0 Å². The van der Waals surface area contributed by atoms with Crippen molar-refractivity contribution in [2.75, 3.05) is 7.11 Å². The Morgan fingerprint density at radius 2 is 1.61 bits per heavy atom. The molecule has 12 heteroatoms. The van der Waals surface area contributed by atoms with E-state index < -0.39 is 38.8 Å². The van der Waals surface area contributed by atoms with Crippen molar-refractivity contribution in [3.8, 4) is 0 Å². The van der Waals surface area contributed by atoms with Crippen LogP contribution in [0.25, 0.3) is 0 Å². The molecule has 0 aliphatic heterocycles. The van der Waals surface area contributed by atoms with Crippen molar-refractivity contribution >= 4 is 21.8 Å². The van der Waals surface area contributed by atoms with Gasteiger partial charge in [0.2, 0.25) is 0 Å². The zero-order valence-electron chi connectivity index (χ0n) is 11.2. The molecule has 6 nitrogen and oxygen atoms in total. The van der Waals surface area contributed by atoms with Gasteiger partial charge in [-0.15, -0.1) is 0 Å². The molecule has 128 valence electrons. The number of hydrogen-bond acceptors (Lipinski definition) is 6. The number of halogens is 5. The molecule has 0 aromatic heterocycles. The van der Waals surface area contributed by atoms with E-state index in [1.54, 1.807) is 0 Å². The van der Waals surface area contributed by atoms with E-state index in [4.69, 9.17) is 0 Å². The lowest BCUT2D eigenvalue weighted by Gasteiger charge is -2.13. The van der Waals surface area contributed by atoms with Crippen LogP contribution in [0.5, 0.6) is 0 Å². The maximum atomic E-state index is 13.2. The number of carbonyl (C=O) groups excluding carboxylic acids is 1. The summed E-state index contributed by atoms with van der Waals surface area (Å²) in [6, 6.07) is 5.52. The summed E-state index contributed by atoms with van der Waals surface area (Å²) in [6.45, 7) is 0. The summed E-state index contributed by atoms with van der Waals surface area (Å²) in [7, 11) is -5.67. The first-order valence-corrected chi connectivity index (χ1v) is 6.94. The predicted octanol–water partition coefficient (Wildman–Crippen LogP) is 2.07. The van der Waals surface area contributed by atoms with E-state index in [1.807, 2.05) is 0 Å². The molecule has 0 heterocycles. The zero-order valence-corrected chi connectivity index (χ0v) is 12.0. The van der Waals surface area contributed by atoms with E-state index in [0.29, 0.717) is 7.11 Å². The Bertz CT molecular complexity index is 699. The number of ether oxygens (including phenoxy) is 1. The molecule has 0 atom stereocenters. The average molecular weight is 361 g/mol. The minimum absolute atomic E-state index is 0.458. The Morgan fingerprint density at radius 1 is 1.09 bits per heavy atom. The lowest BCUT2D eigenvalue weighted by molar-refractivity contribution is -0.158. The van der Waals surface area contributed by atoms with Gasteiger partial charge in [0.1, 0.15) is 0 Å². The summed E-state index contributed by atoms with van der Waals surface area (Å²) < 4.78 is 94.1. The van der Waals surface area contributed by atoms with Crippen LogP contribution in [0, 0.1) is 0 Å². The molecular weight excluding hydrogens is 353 g/mol. The van der Waals surface area contributed by atoms with E-state index in [2.05, 4.69) is 14.2 Å². The molecule has 0 saturated carbocycles. The number of hydrogen-bond donors (Lipinski definition) is 0. The smallest absolute Gasteiger partial charge is 0.464 e. The first kappa shape index (κ1) is 18.8. The summed E-state index contributed by atoms with van der Waals surface area (Å²) in [6.07, 6.45) is -5.20. The van der Waals surface area contributed by atoms with Crippen molar-refractivity contribution in [2.45, 2.75) is 11.4 Å². The molecule has 1 aromatic rings. The number of oxime groups is 1. The lowest BCUT2D eigenvalue weighted by Crippen LogP contribution is -2.39. The normalized spacial score (nSPS) is 13.6. The van der Waals surface area contributed by atoms with Gasteiger partial charge in [-0.1, -0.05) is 35.5 Å². The highest BCUT2D eigenvalue weighted by atomic mass is 32.2. The summed E-state index contributed by atoms with van der Waals surface area (Å²) in [5, 5.41) is -2.99. The minimum Gasteiger partial charge on any atom is -0.464 e. The van der Waals surface area contributed by atoms with Gasteiger partial charge in [-0.3, -0.25) is 4.28 Å². The Labute approximate surface area is 126 Å². The summed E-state index contributed by atoms with van der Waals surface area (Å²) in [5.41, 5.74) is -2.50. The number of esters is 1. The maximum absolute atomic E-state index is 13.2. The van der Waals surface area contributed by atoms with Crippen LogP contribution in [0.1, 0.15) is 5.56 Å². The molecule has 1 rings (SSSR count). The fourth-order valence-corrected chi connectivity index (χ4v) is 1.77. The van der Waals surface area contributed by atoms with Gasteiger partial charge in [-0.25, -0.2) is 4.79 Å². The second kappa shape index (κ2) is 6.48. The Balaban J connectivity index is 3.24. The standard InChI is InChI=1S/C11H8F5NO5S/c1-21-9(18)11(15,16)23(19,20)22-17-8(10(12,13)14)7-5-3-2-4-6-7/h2-6H,1H3/b17-8+. The molecular formula is C11H8F5NO5S. The summed E-state index contributed by atoms with van der Waals surface area (Å²) in [4.78, 5) is 10.7. The molecule has 23 heavy (non-hydrogen) atoms. The fraction of sp³-hybridized carbons (Fsp3) is 0.273. The quantitative estimate of drug-likeness (QED) is 0.347. The van der Waals surface area contributed by atoms with Crippen molar-refractivity contribution < 1.29 is 44.2 Å². The van der Waals surface area contributed by atoms with Gasteiger partial charge in [0.05, 0.1) is 7.11 Å². The third-order valence-corrected chi connectivity index (χ3v) is 3.34. The molecule has 0 fully saturated rings. The highest BCUT2D eigenvalue weighted by Crippen LogP contribution is 2.27. The van der Waals surface area contributed by atoms with E-state index >= 15 is 0 Å². The minimum atomic E-state index is -6.13. The molecule has 0 aliphatic carbocycles. The maximum Gasteiger partial charge on any atom is 0.478 e. The van der Waals surface area contributed by atoms with Crippen molar-refractivity contribution in [3.05, 3.63) is 35.9 Å². The first-order chi connectivity index (χ1) is 10.4. The topological polar surface area (TPSA) is 82.0 Å². The van der Waals surface area contributed by atoms with Gasteiger partial charge in [0, 0.05) is 5.56 Å². The zero-order chi connectivity index (χ0) is 17.9. The molecule has 0 unspecified atom stereocenters. The Hall–Kier alpha value is -2.24. The third kappa shape index (κ3) is 4.15. The molecule has 0 aliphatic rings. The number of benzene rings is 1. The predicted molar refractivity (Wildman–Crippen MR) is 66.0 cm³/mol. The molecule has 0 saturated heterocycles. The van der Waals surface area contributed by atoms with Crippen molar-refractivity contribution in [3.63, 3.8) is 0 Å². The monoisotopic (exact) mass is 361 g/mol. The number of rotatable bonds is 5. The van der Waals surface area contributed by atoms with Crippen LogP contribution < -0.4 is 0 Å².